The smallest absolute Gasteiger partial charge is 0.256 e. The first-order valence-electron chi connectivity index (χ1n) is 9.95. The Balaban J connectivity index is 1.49. The zero-order valence-corrected chi connectivity index (χ0v) is 16.8. The molecule has 0 aliphatic carbocycles. The summed E-state index contributed by atoms with van der Waals surface area (Å²) in [6.07, 6.45) is 5.89. The minimum atomic E-state index is -0.00577. The number of para-hydroxylation sites is 1. The molecule has 0 bridgehead atoms. The van der Waals surface area contributed by atoms with Crippen LogP contribution in [-0.4, -0.2) is 43.9 Å². The van der Waals surface area contributed by atoms with E-state index in [-0.39, 0.29) is 11.3 Å². The van der Waals surface area contributed by atoms with Gasteiger partial charge in [-0.15, -0.1) is 5.10 Å². The molecule has 1 fully saturated rings. The van der Waals surface area contributed by atoms with E-state index >= 15 is 0 Å². The minimum Gasteiger partial charge on any atom is -0.338 e. The Morgan fingerprint density at radius 3 is 2.82 bits per heavy atom. The van der Waals surface area contributed by atoms with Gasteiger partial charge in [-0.1, -0.05) is 44.2 Å². The van der Waals surface area contributed by atoms with Crippen LogP contribution in [0.4, 0.5) is 0 Å². The molecule has 0 N–H and O–H groups in total. The Bertz CT molecular complexity index is 983. The molecular weight excluding hydrogens is 350 g/mol. The van der Waals surface area contributed by atoms with Crippen molar-refractivity contribution in [2.24, 2.45) is 5.92 Å². The third-order valence-electron chi connectivity index (χ3n) is 5.42. The quantitative estimate of drug-likeness (QED) is 0.698. The van der Waals surface area contributed by atoms with Crippen LogP contribution in [0, 0.1) is 5.92 Å². The third kappa shape index (κ3) is 3.77. The maximum atomic E-state index is 13.2. The third-order valence-corrected chi connectivity index (χ3v) is 5.42. The Morgan fingerprint density at radius 2 is 2.04 bits per heavy atom. The number of nitrogens with zero attached hydrogens (tertiary/aromatic N) is 5. The molecule has 6 nitrogen and oxygen atoms in total. The molecule has 1 aromatic carbocycles. The van der Waals surface area contributed by atoms with Gasteiger partial charge < -0.3 is 4.90 Å². The van der Waals surface area contributed by atoms with E-state index in [4.69, 9.17) is 0 Å². The predicted octanol–water partition coefficient (Wildman–Crippen LogP) is 3.68. The van der Waals surface area contributed by atoms with Crippen LogP contribution in [0.25, 0.3) is 10.9 Å². The molecule has 1 aliphatic heterocycles. The van der Waals surface area contributed by atoms with Crippen molar-refractivity contribution in [1.29, 1.82) is 0 Å². The van der Waals surface area contributed by atoms with Crippen LogP contribution >= 0.6 is 0 Å². The van der Waals surface area contributed by atoms with E-state index in [9.17, 15) is 4.79 Å². The second kappa shape index (κ2) is 7.34. The van der Waals surface area contributed by atoms with Gasteiger partial charge in [0.05, 0.1) is 16.8 Å². The number of likely N-dealkylation sites (tertiary alicyclic amines) is 1. The van der Waals surface area contributed by atoms with Crippen molar-refractivity contribution >= 4 is 16.8 Å². The Kier molecular flexibility index (Phi) is 4.87. The van der Waals surface area contributed by atoms with Gasteiger partial charge in [-0.3, -0.25) is 14.5 Å². The highest BCUT2D eigenvalue weighted by molar-refractivity contribution is 6.05. The molecule has 2 aromatic heterocycles. The molecular formula is C22H27N5O. The van der Waals surface area contributed by atoms with Gasteiger partial charge in [-0.2, -0.15) is 0 Å². The van der Waals surface area contributed by atoms with Gasteiger partial charge >= 0.3 is 0 Å². The summed E-state index contributed by atoms with van der Waals surface area (Å²) >= 11 is 0. The zero-order valence-electron chi connectivity index (χ0n) is 16.8. The van der Waals surface area contributed by atoms with Crippen LogP contribution in [0.2, 0.25) is 0 Å². The average molecular weight is 377 g/mol. The van der Waals surface area contributed by atoms with Gasteiger partial charge in [0.1, 0.15) is 0 Å². The van der Waals surface area contributed by atoms with E-state index in [1.54, 1.807) is 6.20 Å². The number of benzene rings is 1. The first kappa shape index (κ1) is 18.6. The molecule has 3 aromatic rings. The monoisotopic (exact) mass is 377 g/mol. The number of carbonyl (C=O) groups excluding carboxylic acids is 1. The second-order valence-electron chi connectivity index (χ2n) is 8.72. The fourth-order valence-corrected chi connectivity index (χ4v) is 3.84. The summed E-state index contributed by atoms with van der Waals surface area (Å²) in [4.78, 5) is 19.6. The lowest BCUT2D eigenvalue weighted by atomic mass is 9.93. The predicted molar refractivity (Wildman–Crippen MR) is 109 cm³/mol. The highest BCUT2D eigenvalue weighted by atomic mass is 16.2. The van der Waals surface area contributed by atoms with Crippen LogP contribution in [0.3, 0.4) is 0 Å². The molecule has 0 unspecified atom stereocenters. The Hall–Kier alpha value is -2.76. The van der Waals surface area contributed by atoms with Gasteiger partial charge in [0, 0.05) is 42.8 Å². The number of carbonyl (C=O) groups is 1. The van der Waals surface area contributed by atoms with E-state index in [2.05, 4.69) is 36.1 Å². The van der Waals surface area contributed by atoms with Crippen LogP contribution in [0.15, 0.2) is 42.7 Å². The van der Waals surface area contributed by atoms with Crippen LogP contribution in [-0.2, 0) is 12.0 Å². The number of piperidine rings is 1. The number of rotatable bonds is 3. The largest absolute Gasteiger partial charge is 0.338 e. The maximum Gasteiger partial charge on any atom is 0.256 e. The van der Waals surface area contributed by atoms with Crippen LogP contribution in [0.5, 0.6) is 0 Å². The summed E-state index contributed by atoms with van der Waals surface area (Å²) in [5, 5.41) is 9.61. The number of aromatic nitrogens is 4. The summed E-state index contributed by atoms with van der Waals surface area (Å²) < 4.78 is 1.93. The fraction of sp³-hybridized carbons (Fsp3) is 0.455. The number of amides is 1. The van der Waals surface area contributed by atoms with Gasteiger partial charge in [0.15, 0.2) is 0 Å². The first-order chi connectivity index (χ1) is 13.4. The molecule has 0 radical (unpaired) electrons. The molecule has 0 spiro atoms. The van der Waals surface area contributed by atoms with E-state index in [0.717, 1.165) is 49.1 Å². The highest BCUT2D eigenvalue weighted by Gasteiger charge is 2.27. The number of hydrogen-bond acceptors (Lipinski definition) is 4. The fourth-order valence-electron chi connectivity index (χ4n) is 3.84. The van der Waals surface area contributed by atoms with Gasteiger partial charge in [-0.25, -0.2) is 0 Å². The summed E-state index contributed by atoms with van der Waals surface area (Å²) in [5.74, 6) is 0.457. The topological polar surface area (TPSA) is 63.9 Å². The van der Waals surface area contributed by atoms with Gasteiger partial charge in [-0.05, 0) is 30.9 Å². The molecule has 1 atom stereocenters. The zero-order chi connectivity index (χ0) is 19.7. The number of fused-ring (bicyclic) bond motifs is 1. The van der Waals surface area contributed by atoms with Gasteiger partial charge in [0.2, 0.25) is 0 Å². The van der Waals surface area contributed by atoms with Crippen molar-refractivity contribution in [3.05, 3.63) is 54.0 Å². The summed E-state index contributed by atoms with van der Waals surface area (Å²) in [6.45, 7) is 8.75. The molecule has 6 heteroatoms. The van der Waals surface area contributed by atoms with Crippen molar-refractivity contribution in [1.82, 2.24) is 24.9 Å². The molecule has 1 saturated heterocycles. The molecule has 0 saturated carbocycles. The molecule has 28 heavy (non-hydrogen) atoms. The molecule has 4 rings (SSSR count). The van der Waals surface area contributed by atoms with Crippen LogP contribution < -0.4 is 0 Å². The van der Waals surface area contributed by atoms with E-state index in [1.807, 2.05) is 46.1 Å². The summed E-state index contributed by atoms with van der Waals surface area (Å²) in [5.41, 5.74) is 2.46. The normalized spacial score (nSPS) is 17.8. The number of hydrogen-bond donors (Lipinski definition) is 0. The van der Waals surface area contributed by atoms with Crippen molar-refractivity contribution in [2.75, 3.05) is 13.1 Å². The SMILES string of the molecule is CC(C)(C)c1cn(C[C@@H]2CCCN(C(=O)c3cccc4cccnc34)C2)nn1. The minimum absolute atomic E-state index is 0.00577. The van der Waals surface area contributed by atoms with E-state index in [0.29, 0.717) is 11.5 Å². The Morgan fingerprint density at radius 1 is 1.21 bits per heavy atom. The molecule has 146 valence electrons. The standard InChI is InChI=1S/C22H27N5O/c1-22(2,3)19-15-27(25-24-19)14-16-7-6-12-26(13-16)21(28)18-10-4-8-17-9-5-11-23-20(17)18/h4-5,8-11,15-16H,6-7,12-14H2,1-3H3/t16-/m1/s1. The van der Waals surface area contributed by atoms with Crippen LogP contribution in [0.1, 0.15) is 49.7 Å². The highest BCUT2D eigenvalue weighted by Crippen LogP contribution is 2.24. The lowest BCUT2D eigenvalue weighted by Gasteiger charge is -2.32. The maximum absolute atomic E-state index is 13.2. The van der Waals surface area contributed by atoms with Crippen molar-refractivity contribution in [3.8, 4) is 0 Å². The molecule has 3 heterocycles. The Labute approximate surface area is 165 Å². The number of pyridine rings is 1. The van der Waals surface area contributed by atoms with Crippen molar-refractivity contribution in [3.63, 3.8) is 0 Å². The lowest BCUT2D eigenvalue weighted by Crippen LogP contribution is -2.41. The van der Waals surface area contributed by atoms with E-state index < -0.39 is 0 Å². The van der Waals surface area contributed by atoms with Crippen molar-refractivity contribution < 1.29 is 4.79 Å². The average Bonchev–Trinajstić information content (AvgIpc) is 3.16. The van der Waals surface area contributed by atoms with Crippen molar-refractivity contribution in [2.45, 2.75) is 45.6 Å². The van der Waals surface area contributed by atoms with E-state index in [1.165, 1.54) is 0 Å². The molecule has 1 amide bonds. The summed E-state index contributed by atoms with van der Waals surface area (Å²) in [7, 11) is 0. The summed E-state index contributed by atoms with van der Waals surface area (Å²) in [6, 6.07) is 9.71. The lowest BCUT2D eigenvalue weighted by molar-refractivity contribution is 0.0661. The first-order valence-corrected chi connectivity index (χ1v) is 9.95. The van der Waals surface area contributed by atoms with Gasteiger partial charge in [0.25, 0.3) is 5.91 Å². The molecule has 1 aliphatic rings. The second-order valence-corrected chi connectivity index (χ2v) is 8.72.